The highest BCUT2D eigenvalue weighted by atomic mass is 32.2. The Morgan fingerprint density at radius 3 is 2.76 bits per heavy atom. The number of thioether (sulfide) groups is 1. The van der Waals surface area contributed by atoms with Crippen LogP contribution in [-0.2, 0) is 4.79 Å². The molecule has 2 aromatic rings. The minimum atomic E-state index is -0.129. The average molecular weight is 413 g/mol. The summed E-state index contributed by atoms with van der Waals surface area (Å²) in [6.45, 7) is 2.75. The Morgan fingerprint density at radius 1 is 1.21 bits per heavy atom. The summed E-state index contributed by atoms with van der Waals surface area (Å²) in [5, 5.41) is 10.2. The summed E-state index contributed by atoms with van der Waals surface area (Å²) in [5.74, 6) is 1.33. The largest absolute Gasteiger partial charge is 0.508 e. The predicted octanol–water partition coefficient (Wildman–Crippen LogP) is 4.81. The van der Waals surface area contributed by atoms with E-state index in [9.17, 15) is 9.90 Å². The number of unbranched alkanes of at least 4 members (excludes halogenated alkanes) is 1. The summed E-state index contributed by atoms with van der Waals surface area (Å²) in [5.41, 5.74) is 1.43. The maximum absolute atomic E-state index is 12.6. The molecule has 0 aromatic heterocycles. The van der Waals surface area contributed by atoms with Crippen molar-refractivity contribution < 1.29 is 19.4 Å². The lowest BCUT2D eigenvalue weighted by Crippen LogP contribution is -2.23. The minimum Gasteiger partial charge on any atom is -0.508 e. The number of rotatable bonds is 7. The molecule has 6 nitrogen and oxygen atoms in total. The first-order valence-electron chi connectivity index (χ1n) is 9.38. The molecule has 1 aliphatic rings. The Balaban J connectivity index is 1.82. The van der Waals surface area contributed by atoms with Crippen molar-refractivity contribution in [2.75, 3.05) is 20.8 Å². The number of amidine groups is 1. The molecule has 2 aromatic carbocycles. The number of likely N-dealkylation sites (N-methyl/N-ethyl adjacent to an activating group) is 1. The van der Waals surface area contributed by atoms with Crippen molar-refractivity contribution >= 4 is 34.6 Å². The van der Waals surface area contributed by atoms with Gasteiger partial charge < -0.3 is 14.6 Å². The van der Waals surface area contributed by atoms with Crippen LogP contribution < -0.4 is 9.47 Å². The number of ether oxygens (including phenoxy) is 2. The molecular formula is C22H24N2O4S. The van der Waals surface area contributed by atoms with Crippen LogP contribution in [0.2, 0.25) is 0 Å². The smallest absolute Gasteiger partial charge is 0.266 e. The molecule has 152 valence electrons. The number of aromatic hydroxyl groups is 1. The quantitative estimate of drug-likeness (QED) is 0.522. The second-order valence-corrected chi connectivity index (χ2v) is 7.51. The topological polar surface area (TPSA) is 71.4 Å². The van der Waals surface area contributed by atoms with Gasteiger partial charge in [-0.3, -0.25) is 9.69 Å². The van der Waals surface area contributed by atoms with E-state index in [1.165, 1.54) is 16.7 Å². The number of aliphatic imine (C=N–C) groups is 1. The summed E-state index contributed by atoms with van der Waals surface area (Å²) in [6, 6.07) is 12.2. The van der Waals surface area contributed by atoms with E-state index in [0.29, 0.717) is 33.9 Å². The van der Waals surface area contributed by atoms with Gasteiger partial charge in [-0.15, -0.1) is 0 Å². The lowest BCUT2D eigenvalue weighted by Gasteiger charge is -2.11. The fraction of sp³-hybridized carbons (Fsp3) is 0.273. The van der Waals surface area contributed by atoms with Crippen LogP contribution in [0.1, 0.15) is 25.3 Å². The second-order valence-electron chi connectivity index (χ2n) is 6.50. The maximum atomic E-state index is 12.6. The number of hydrogen-bond acceptors (Lipinski definition) is 6. The zero-order valence-corrected chi connectivity index (χ0v) is 17.5. The highest BCUT2D eigenvalue weighted by Gasteiger charge is 2.30. The van der Waals surface area contributed by atoms with Crippen LogP contribution in [0.25, 0.3) is 6.08 Å². The molecule has 0 spiro atoms. The molecule has 7 heteroatoms. The lowest BCUT2D eigenvalue weighted by molar-refractivity contribution is -0.121. The molecule has 0 bridgehead atoms. The van der Waals surface area contributed by atoms with Gasteiger partial charge in [0, 0.05) is 13.1 Å². The third-order valence-corrected chi connectivity index (χ3v) is 5.36. The van der Waals surface area contributed by atoms with Gasteiger partial charge in [-0.05, 0) is 54.1 Å². The van der Waals surface area contributed by atoms with E-state index in [1.54, 1.807) is 38.4 Å². The van der Waals surface area contributed by atoms with E-state index >= 15 is 0 Å². The predicted molar refractivity (Wildman–Crippen MR) is 117 cm³/mol. The molecule has 3 rings (SSSR count). The molecule has 0 radical (unpaired) electrons. The molecular weight excluding hydrogens is 388 g/mol. The number of benzene rings is 2. The van der Waals surface area contributed by atoms with Crippen LogP contribution in [-0.4, -0.2) is 41.8 Å². The number of carbonyl (C=O) groups is 1. The van der Waals surface area contributed by atoms with Crippen LogP contribution in [0.5, 0.6) is 17.2 Å². The molecule has 1 saturated heterocycles. The summed E-state index contributed by atoms with van der Waals surface area (Å²) in [6.07, 6.45) is 3.85. The summed E-state index contributed by atoms with van der Waals surface area (Å²) < 4.78 is 11.2. The van der Waals surface area contributed by atoms with Gasteiger partial charge in [-0.2, -0.15) is 0 Å². The normalized spacial score (nSPS) is 16.7. The Morgan fingerprint density at radius 2 is 2.03 bits per heavy atom. The van der Waals surface area contributed by atoms with Gasteiger partial charge in [0.25, 0.3) is 5.91 Å². The number of nitrogens with zero attached hydrogens (tertiary/aromatic N) is 2. The minimum absolute atomic E-state index is 0.129. The molecule has 1 fully saturated rings. The van der Waals surface area contributed by atoms with Gasteiger partial charge in [0.1, 0.15) is 5.75 Å². The van der Waals surface area contributed by atoms with Gasteiger partial charge in [0.05, 0.1) is 24.3 Å². The molecule has 0 aliphatic carbocycles. The molecule has 0 saturated carbocycles. The third kappa shape index (κ3) is 5.12. The van der Waals surface area contributed by atoms with Crippen LogP contribution in [0.3, 0.4) is 0 Å². The highest BCUT2D eigenvalue weighted by Crippen LogP contribution is 2.35. The Labute approximate surface area is 174 Å². The van der Waals surface area contributed by atoms with Crippen LogP contribution in [0.4, 0.5) is 5.69 Å². The standard InChI is InChI=1S/C22H24N2O4S/c1-4-5-11-28-18-10-9-15(12-19(18)27-3)13-20-21(26)24(2)22(29-20)23-16-7-6-8-17(25)14-16/h6-10,12-14,25H,4-5,11H2,1-3H3/b20-13-,23-22?. The first-order valence-corrected chi connectivity index (χ1v) is 10.2. The molecule has 29 heavy (non-hydrogen) atoms. The van der Waals surface area contributed by atoms with Gasteiger partial charge in [-0.25, -0.2) is 4.99 Å². The fourth-order valence-corrected chi connectivity index (χ4v) is 3.68. The molecule has 0 unspecified atom stereocenters. The number of phenolic OH excluding ortho intramolecular Hbond substituents is 1. The SMILES string of the molecule is CCCCOc1ccc(/C=C2\SC(=Nc3cccc(O)c3)N(C)C2=O)cc1OC. The first-order chi connectivity index (χ1) is 14.0. The van der Waals surface area contributed by atoms with E-state index in [1.807, 2.05) is 24.3 Å². The maximum Gasteiger partial charge on any atom is 0.266 e. The number of methoxy groups -OCH3 is 1. The number of hydrogen-bond donors (Lipinski definition) is 1. The Kier molecular flexibility index (Phi) is 6.82. The van der Waals surface area contributed by atoms with Crippen molar-refractivity contribution in [1.29, 1.82) is 0 Å². The van der Waals surface area contributed by atoms with E-state index < -0.39 is 0 Å². The Bertz CT molecular complexity index is 956. The van der Waals surface area contributed by atoms with Crippen LogP contribution in [0.15, 0.2) is 52.4 Å². The van der Waals surface area contributed by atoms with Crippen molar-refractivity contribution in [2.24, 2.45) is 4.99 Å². The number of amides is 1. The zero-order chi connectivity index (χ0) is 20.8. The van der Waals surface area contributed by atoms with Crippen molar-refractivity contribution in [3.05, 3.63) is 52.9 Å². The number of phenols is 1. The average Bonchev–Trinajstić information content (AvgIpc) is 2.97. The lowest BCUT2D eigenvalue weighted by atomic mass is 10.2. The molecule has 1 N–H and O–H groups in total. The van der Waals surface area contributed by atoms with Crippen molar-refractivity contribution in [2.45, 2.75) is 19.8 Å². The second kappa shape index (κ2) is 9.52. The fourth-order valence-electron chi connectivity index (χ4n) is 2.70. The van der Waals surface area contributed by atoms with Crippen LogP contribution >= 0.6 is 11.8 Å². The van der Waals surface area contributed by atoms with Gasteiger partial charge in [0.15, 0.2) is 16.7 Å². The van der Waals surface area contributed by atoms with Gasteiger partial charge in [-0.1, -0.05) is 25.5 Å². The van der Waals surface area contributed by atoms with Gasteiger partial charge in [0.2, 0.25) is 0 Å². The number of carbonyl (C=O) groups excluding carboxylic acids is 1. The van der Waals surface area contributed by atoms with E-state index in [2.05, 4.69) is 11.9 Å². The zero-order valence-electron chi connectivity index (χ0n) is 16.7. The summed E-state index contributed by atoms with van der Waals surface area (Å²) in [7, 11) is 3.28. The molecule has 1 amide bonds. The third-order valence-electron chi connectivity index (χ3n) is 4.30. The summed E-state index contributed by atoms with van der Waals surface area (Å²) >= 11 is 1.29. The van der Waals surface area contributed by atoms with Gasteiger partial charge >= 0.3 is 0 Å². The molecule has 1 heterocycles. The van der Waals surface area contributed by atoms with E-state index in [0.717, 1.165) is 18.4 Å². The van der Waals surface area contributed by atoms with Crippen molar-refractivity contribution in [1.82, 2.24) is 4.90 Å². The Hall–Kier alpha value is -2.93. The monoisotopic (exact) mass is 412 g/mol. The van der Waals surface area contributed by atoms with E-state index in [4.69, 9.17) is 9.47 Å². The summed E-state index contributed by atoms with van der Waals surface area (Å²) in [4.78, 5) is 19.2. The molecule has 1 aliphatic heterocycles. The van der Waals surface area contributed by atoms with E-state index in [-0.39, 0.29) is 11.7 Å². The molecule has 0 atom stereocenters. The van der Waals surface area contributed by atoms with Crippen molar-refractivity contribution in [3.8, 4) is 17.2 Å². The first kappa shape index (κ1) is 20.8. The van der Waals surface area contributed by atoms with Crippen LogP contribution in [0, 0.1) is 0 Å². The highest BCUT2D eigenvalue weighted by molar-refractivity contribution is 8.18. The van der Waals surface area contributed by atoms with Crippen molar-refractivity contribution in [3.63, 3.8) is 0 Å².